The first-order chi connectivity index (χ1) is 11.9. The third-order valence-corrected chi connectivity index (χ3v) is 5.50. The third kappa shape index (κ3) is 4.22. The van der Waals surface area contributed by atoms with Crippen molar-refractivity contribution in [2.45, 2.75) is 52.4 Å². The lowest BCUT2D eigenvalue weighted by atomic mass is 9.81. The summed E-state index contributed by atoms with van der Waals surface area (Å²) in [6, 6.07) is 0. The van der Waals surface area contributed by atoms with E-state index in [-0.39, 0.29) is 22.7 Å². The number of unbranched alkanes of at least 4 members (excludes halogenated alkanes) is 1. The minimum Gasteiger partial charge on any atom is -0.369 e. The molecular weight excluding hydrogens is 318 g/mol. The summed E-state index contributed by atoms with van der Waals surface area (Å²) in [6.45, 7) is 6.42. The molecule has 0 unspecified atom stereocenters. The van der Waals surface area contributed by atoms with Crippen molar-refractivity contribution in [3.05, 3.63) is 20.4 Å². The van der Waals surface area contributed by atoms with Crippen molar-refractivity contribution in [2.75, 3.05) is 36.5 Å². The molecule has 0 spiro atoms. The van der Waals surface area contributed by atoms with E-state index in [1.54, 1.807) is 0 Å². The number of carbonyl (C=O) groups is 1. The normalized spacial score (nSPS) is 20.6. The lowest BCUT2D eigenvalue weighted by Gasteiger charge is -2.34. The van der Waals surface area contributed by atoms with Crippen molar-refractivity contribution < 1.29 is 4.79 Å². The van der Waals surface area contributed by atoms with E-state index >= 15 is 0 Å². The number of nitrogens with two attached hydrogens (primary N) is 1. The zero-order valence-corrected chi connectivity index (χ0v) is 15.7. The summed E-state index contributed by atoms with van der Waals surface area (Å²) in [6.07, 6.45) is 5.59. The Kier molecular flexibility index (Phi) is 6.62. The predicted molar refractivity (Wildman–Crippen MR) is 102 cm³/mol. The summed E-state index contributed by atoms with van der Waals surface area (Å²) in [5, 5.41) is 0. The fraction of sp³-hybridized carbons (Fsp3) is 0.737. The first-order valence-corrected chi connectivity index (χ1v) is 9.49. The second-order valence-corrected chi connectivity index (χ2v) is 7.29. The van der Waals surface area contributed by atoms with Crippen LogP contribution in [-0.4, -0.2) is 32.6 Å². The molecular formula is C19H31N3O3. The van der Waals surface area contributed by atoms with Gasteiger partial charge in [-0.25, -0.2) is 0 Å². The van der Waals surface area contributed by atoms with Crippen molar-refractivity contribution in [3.8, 4) is 0 Å². The van der Waals surface area contributed by atoms with Gasteiger partial charge >= 0.3 is 0 Å². The highest BCUT2D eigenvalue weighted by atomic mass is 16.2. The molecule has 0 aromatic heterocycles. The molecule has 25 heavy (non-hydrogen) atoms. The van der Waals surface area contributed by atoms with Gasteiger partial charge in [0.05, 0.1) is 0 Å². The zero-order valence-electron chi connectivity index (χ0n) is 15.7. The Morgan fingerprint density at radius 1 is 1.08 bits per heavy atom. The largest absolute Gasteiger partial charge is 0.369 e. The predicted octanol–water partition coefficient (Wildman–Crippen LogP) is 1.64. The molecule has 1 fully saturated rings. The van der Waals surface area contributed by atoms with Gasteiger partial charge in [-0.15, -0.1) is 0 Å². The molecule has 1 amide bonds. The molecule has 1 saturated carbocycles. The van der Waals surface area contributed by atoms with Crippen LogP contribution in [0.3, 0.4) is 0 Å². The Hall–Kier alpha value is -1.85. The summed E-state index contributed by atoms with van der Waals surface area (Å²) in [5.41, 5.74) is 5.84. The maximum absolute atomic E-state index is 12.2. The van der Waals surface area contributed by atoms with E-state index in [4.69, 9.17) is 5.73 Å². The van der Waals surface area contributed by atoms with Gasteiger partial charge in [0, 0.05) is 32.6 Å². The standard InChI is InChI=1S/C19H31N3O3/c1-4-6-11-22(5-2)16-15(17(23)18(16)24)21(3)12-13-7-9-14(10-8-13)19(20)25/h13-14H,4-12H2,1-3H3,(H2,20,25). The summed E-state index contributed by atoms with van der Waals surface area (Å²) in [7, 11) is 1.90. The maximum Gasteiger partial charge on any atom is 0.253 e. The van der Waals surface area contributed by atoms with Gasteiger partial charge in [0.15, 0.2) is 0 Å². The number of primary amides is 1. The third-order valence-electron chi connectivity index (χ3n) is 5.50. The molecule has 0 atom stereocenters. The highest BCUT2D eigenvalue weighted by molar-refractivity contribution is 5.77. The van der Waals surface area contributed by atoms with Crippen molar-refractivity contribution in [1.29, 1.82) is 0 Å². The smallest absolute Gasteiger partial charge is 0.253 e. The molecule has 1 aromatic carbocycles. The highest BCUT2D eigenvalue weighted by Crippen LogP contribution is 2.31. The second kappa shape index (κ2) is 8.50. The monoisotopic (exact) mass is 349 g/mol. The van der Waals surface area contributed by atoms with E-state index < -0.39 is 0 Å². The summed E-state index contributed by atoms with van der Waals surface area (Å²) in [4.78, 5) is 39.5. The molecule has 0 radical (unpaired) electrons. The molecule has 0 heterocycles. The van der Waals surface area contributed by atoms with Gasteiger partial charge < -0.3 is 15.5 Å². The summed E-state index contributed by atoms with van der Waals surface area (Å²) >= 11 is 0. The van der Waals surface area contributed by atoms with Gasteiger partial charge in [-0.05, 0) is 44.9 Å². The van der Waals surface area contributed by atoms with Crippen LogP contribution in [0.2, 0.25) is 0 Å². The minimum absolute atomic E-state index is 0.00660. The number of rotatable bonds is 9. The van der Waals surface area contributed by atoms with Crippen LogP contribution in [0.25, 0.3) is 0 Å². The van der Waals surface area contributed by atoms with Gasteiger partial charge in [0.2, 0.25) is 5.91 Å². The van der Waals surface area contributed by atoms with Crippen LogP contribution >= 0.6 is 0 Å². The zero-order chi connectivity index (χ0) is 18.6. The average Bonchev–Trinajstić information content (AvgIpc) is 2.60. The van der Waals surface area contributed by atoms with Crippen LogP contribution in [0.15, 0.2) is 9.59 Å². The molecule has 2 N–H and O–H groups in total. The Morgan fingerprint density at radius 2 is 1.68 bits per heavy atom. The van der Waals surface area contributed by atoms with Gasteiger partial charge in [-0.1, -0.05) is 13.3 Å². The molecule has 6 nitrogen and oxygen atoms in total. The quantitative estimate of drug-likeness (QED) is 0.685. The van der Waals surface area contributed by atoms with Crippen molar-refractivity contribution in [1.82, 2.24) is 0 Å². The number of amides is 1. The lowest BCUT2D eigenvalue weighted by Crippen LogP contribution is -2.46. The van der Waals surface area contributed by atoms with Crippen LogP contribution in [0.1, 0.15) is 52.4 Å². The Balaban J connectivity index is 2.04. The maximum atomic E-state index is 12.2. The molecule has 1 aromatic rings. The molecule has 0 bridgehead atoms. The van der Waals surface area contributed by atoms with E-state index in [1.807, 2.05) is 23.8 Å². The molecule has 0 aliphatic heterocycles. The van der Waals surface area contributed by atoms with Crippen LogP contribution in [0, 0.1) is 11.8 Å². The van der Waals surface area contributed by atoms with Crippen molar-refractivity contribution >= 4 is 17.3 Å². The van der Waals surface area contributed by atoms with E-state index in [0.717, 1.165) is 58.2 Å². The number of hydrogen-bond acceptors (Lipinski definition) is 5. The summed E-state index contributed by atoms with van der Waals surface area (Å²) < 4.78 is 0. The number of hydrogen-bond donors (Lipinski definition) is 1. The molecule has 1 aliphatic rings. The number of nitrogens with zero attached hydrogens (tertiary/aromatic N) is 2. The Labute approximate surface area is 149 Å². The molecule has 0 saturated heterocycles. The fourth-order valence-corrected chi connectivity index (χ4v) is 3.90. The van der Waals surface area contributed by atoms with E-state index in [2.05, 4.69) is 6.92 Å². The van der Waals surface area contributed by atoms with Crippen LogP contribution in [0.4, 0.5) is 11.4 Å². The molecule has 1 aliphatic carbocycles. The molecule has 140 valence electrons. The first kappa shape index (κ1) is 19.5. The number of carbonyl (C=O) groups excluding carboxylic acids is 1. The van der Waals surface area contributed by atoms with Gasteiger partial charge in [0.1, 0.15) is 11.4 Å². The van der Waals surface area contributed by atoms with Gasteiger partial charge in [-0.3, -0.25) is 14.4 Å². The van der Waals surface area contributed by atoms with Crippen LogP contribution < -0.4 is 26.4 Å². The van der Waals surface area contributed by atoms with Gasteiger partial charge in [0.25, 0.3) is 10.9 Å². The van der Waals surface area contributed by atoms with Gasteiger partial charge in [-0.2, -0.15) is 0 Å². The van der Waals surface area contributed by atoms with E-state index in [9.17, 15) is 14.4 Å². The van der Waals surface area contributed by atoms with Crippen LogP contribution in [-0.2, 0) is 4.79 Å². The lowest BCUT2D eigenvalue weighted by molar-refractivity contribution is -0.122. The minimum atomic E-state index is -0.363. The Morgan fingerprint density at radius 3 is 2.20 bits per heavy atom. The Bertz CT molecular complexity index is 655. The molecule has 2 rings (SSSR count). The molecule has 6 heteroatoms. The summed E-state index contributed by atoms with van der Waals surface area (Å²) in [5.74, 6) is 0.225. The average molecular weight is 349 g/mol. The second-order valence-electron chi connectivity index (χ2n) is 7.29. The highest BCUT2D eigenvalue weighted by Gasteiger charge is 2.30. The number of anilines is 2. The first-order valence-electron chi connectivity index (χ1n) is 9.49. The van der Waals surface area contributed by atoms with Crippen molar-refractivity contribution in [3.63, 3.8) is 0 Å². The SMILES string of the molecule is CCCCN(CC)c1c(N(C)CC2CCC(C(N)=O)CC2)c(=O)c1=O. The van der Waals surface area contributed by atoms with Crippen LogP contribution in [0.5, 0.6) is 0 Å². The topological polar surface area (TPSA) is 83.7 Å². The van der Waals surface area contributed by atoms with Crippen molar-refractivity contribution in [2.24, 2.45) is 17.6 Å². The van der Waals surface area contributed by atoms with E-state index in [0.29, 0.717) is 17.3 Å². The van der Waals surface area contributed by atoms with E-state index in [1.165, 1.54) is 0 Å². The fourth-order valence-electron chi connectivity index (χ4n) is 3.90.